The molecular weight excluding hydrogens is 316 g/mol. The number of aromatic nitrogens is 3. The third-order valence-electron chi connectivity index (χ3n) is 3.80. The van der Waals surface area contributed by atoms with Crippen molar-refractivity contribution in [2.75, 3.05) is 6.54 Å². The Kier molecular flexibility index (Phi) is 4.42. The fourth-order valence-electron chi connectivity index (χ4n) is 2.61. The first-order valence-electron chi connectivity index (χ1n) is 7.57. The molecule has 3 rings (SSSR count). The van der Waals surface area contributed by atoms with Crippen LogP contribution in [0.5, 0.6) is 0 Å². The molecule has 2 heterocycles. The van der Waals surface area contributed by atoms with E-state index in [1.54, 1.807) is 18.3 Å². The van der Waals surface area contributed by atoms with Crippen LogP contribution in [0.4, 0.5) is 0 Å². The average molecular weight is 334 g/mol. The lowest BCUT2D eigenvalue weighted by Crippen LogP contribution is -2.37. The number of carbonyl (C=O) groups excluding carboxylic acids is 1. The standard InChI is InChI=1S/C15H18N4O3S/c1-9-7-19(15(22)18-14(9)21)8-12(20)16-6-5-13-17-10-3-2-4-11(10)23-13/h7H,2-6,8H2,1H3,(H,16,20)(H,18,21,22). The second-order valence-electron chi connectivity index (χ2n) is 5.63. The van der Waals surface area contributed by atoms with Crippen LogP contribution >= 0.6 is 11.3 Å². The van der Waals surface area contributed by atoms with Crippen molar-refractivity contribution in [1.82, 2.24) is 19.9 Å². The molecular formula is C15H18N4O3S. The van der Waals surface area contributed by atoms with Crippen LogP contribution in [0, 0.1) is 6.92 Å². The molecule has 0 atom stereocenters. The first kappa shape index (κ1) is 15.7. The van der Waals surface area contributed by atoms with Gasteiger partial charge in [0.25, 0.3) is 5.56 Å². The zero-order valence-corrected chi connectivity index (χ0v) is 13.7. The highest BCUT2D eigenvalue weighted by Crippen LogP contribution is 2.27. The van der Waals surface area contributed by atoms with Gasteiger partial charge in [-0.25, -0.2) is 9.78 Å². The van der Waals surface area contributed by atoms with Gasteiger partial charge in [-0.05, 0) is 26.2 Å². The first-order valence-corrected chi connectivity index (χ1v) is 8.39. The van der Waals surface area contributed by atoms with Crippen LogP contribution in [-0.2, 0) is 30.6 Å². The minimum atomic E-state index is -0.577. The molecule has 8 heteroatoms. The van der Waals surface area contributed by atoms with Gasteiger partial charge in [0.15, 0.2) is 0 Å². The summed E-state index contributed by atoms with van der Waals surface area (Å²) in [6.45, 7) is 1.97. The molecule has 23 heavy (non-hydrogen) atoms. The van der Waals surface area contributed by atoms with Gasteiger partial charge in [0.05, 0.1) is 10.7 Å². The number of aromatic amines is 1. The van der Waals surface area contributed by atoms with Crippen molar-refractivity contribution in [3.8, 4) is 0 Å². The molecule has 0 saturated carbocycles. The van der Waals surface area contributed by atoms with E-state index in [1.165, 1.54) is 27.8 Å². The maximum Gasteiger partial charge on any atom is 0.328 e. The quantitative estimate of drug-likeness (QED) is 0.813. The number of nitrogens with zero attached hydrogens (tertiary/aromatic N) is 2. The second-order valence-corrected chi connectivity index (χ2v) is 6.80. The molecule has 2 aromatic rings. The minimum absolute atomic E-state index is 0.106. The van der Waals surface area contributed by atoms with Gasteiger partial charge in [-0.2, -0.15) is 0 Å². The summed E-state index contributed by atoms with van der Waals surface area (Å²) in [6, 6.07) is 0. The zero-order chi connectivity index (χ0) is 16.4. The van der Waals surface area contributed by atoms with Crippen LogP contribution in [0.1, 0.15) is 27.6 Å². The first-order chi connectivity index (χ1) is 11.0. The Morgan fingerprint density at radius 2 is 2.26 bits per heavy atom. The molecule has 0 aliphatic heterocycles. The maximum absolute atomic E-state index is 11.9. The second kappa shape index (κ2) is 6.49. The van der Waals surface area contributed by atoms with Crippen LogP contribution in [0.2, 0.25) is 0 Å². The van der Waals surface area contributed by atoms with E-state index in [0.29, 0.717) is 18.5 Å². The molecule has 0 unspecified atom stereocenters. The fraction of sp³-hybridized carbons (Fsp3) is 0.467. The van der Waals surface area contributed by atoms with Crippen molar-refractivity contribution in [2.24, 2.45) is 0 Å². The van der Waals surface area contributed by atoms with Gasteiger partial charge in [-0.3, -0.25) is 19.1 Å². The monoisotopic (exact) mass is 334 g/mol. The third kappa shape index (κ3) is 3.58. The number of rotatable bonds is 5. The van der Waals surface area contributed by atoms with Crippen LogP contribution in [0.25, 0.3) is 0 Å². The summed E-state index contributed by atoms with van der Waals surface area (Å²) < 4.78 is 1.20. The average Bonchev–Trinajstić information content (AvgIpc) is 3.06. The van der Waals surface area contributed by atoms with E-state index < -0.39 is 11.2 Å². The van der Waals surface area contributed by atoms with E-state index in [1.807, 2.05) is 0 Å². The lowest BCUT2D eigenvalue weighted by Gasteiger charge is -2.07. The molecule has 0 fully saturated rings. The number of thiazole rings is 1. The number of carbonyl (C=O) groups is 1. The van der Waals surface area contributed by atoms with E-state index in [4.69, 9.17) is 0 Å². The van der Waals surface area contributed by atoms with E-state index in [-0.39, 0.29) is 12.5 Å². The Labute approximate surface area is 136 Å². The summed E-state index contributed by atoms with van der Waals surface area (Å²) in [5.41, 5.74) is 0.608. The summed E-state index contributed by atoms with van der Waals surface area (Å²) >= 11 is 1.73. The number of hydrogen-bond acceptors (Lipinski definition) is 5. The molecule has 1 amide bonds. The summed E-state index contributed by atoms with van der Waals surface area (Å²) in [5.74, 6) is -0.261. The van der Waals surface area contributed by atoms with Gasteiger partial charge in [0.2, 0.25) is 5.91 Å². The molecule has 1 aliphatic rings. The lowest BCUT2D eigenvalue weighted by molar-refractivity contribution is -0.121. The van der Waals surface area contributed by atoms with Crippen molar-refractivity contribution in [3.05, 3.63) is 48.2 Å². The number of aryl methyl sites for hydroxylation is 3. The number of H-pyrrole nitrogens is 1. The van der Waals surface area contributed by atoms with Crippen molar-refractivity contribution >= 4 is 17.2 Å². The maximum atomic E-state index is 11.9. The molecule has 7 nitrogen and oxygen atoms in total. The molecule has 0 aromatic carbocycles. The number of nitrogens with one attached hydrogen (secondary N) is 2. The van der Waals surface area contributed by atoms with Gasteiger partial charge in [-0.1, -0.05) is 0 Å². The summed E-state index contributed by atoms with van der Waals surface area (Å²) in [6.07, 6.45) is 5.47. The predicted octanol–water partition coefficient (Wildman–Crippen LogP) is 0.149. The summed E-state index contributed by atoms with van der Waals surface area (Å²) in [7, 11) is 0. The van der Waals surface area contributed by atoms with Gasteiger partial charge in [0.1, 0.15) is 6.54 Å². The van der Waals surface area contributed by atoms with Gasteiger partial charge in [0, 0.05) is 29.6 Å². The smallest absolute Gasteiger partial charge is 0.328 e. The van der Waals surface area contributed by atoms with Crippen molar-refractivity contribution in [1.29, 1.82) is 0 Å². The SMILES string of the molecule is Cc1cn(CC(=O)NCCc2nc3c(s2)CCC3)c(=O)[nH]c1=O. The van der Waals surface area contributed by atoms with E-state index in [2.05, 4.69) is 15.3 Å². The molecule has 0 radical (unpaired) electrons. The third-order valence-corrected chi connectivity index (χ3v) is 5.02. The van der Waals surface area contributed by atoms with Crippen molar-refractivity contribution in [2.45, 2.75) is 39.2 Å². The number of hydrogen-bond donors (Lipinski definition) is 2. The normalized spacial score (nSPS) is 13.1. The molecule has 1 aliphatic carbocycles. The highest BCUT2D eigenvalue weighted by Gasteiger charge is 2.16. The Morgan fingerprint density at radius 1 is 1.43 bits per heavy atom. The summed E-state index contributed by atoms with van der Waals surface area (Å²) in [4.78, 5) is 43.0. The van der Waals surface area contributed by atoms with E-state index >= 15 is 0 Å². The van der Waals surface area contributed by atoms with Crippen LogP contribution in [-0.4, -0.2) is 27.0 Å². The molecule has 0 bridgehead atoms. The van der Waals surface area contributed by atoms with Crippen molar-refractivity contribution < 1.29 is 4.79 Å². The molecule has 2 aromatic heterocycles. The van der Waals surface area contributed by atoms with Crippen molar-refractivity contribution in [3.63, 3.8) is 0 Å². The molecule has 0 spiro atoms. The Bertz CT molecular complexity index is 828. The topological polar surface area (TPSA) is 96.8 Å². The van der Waals surface area contributed by atoms with Gasteiger partial charge < -0.3 is 5.32 Å². The van der Waals surface area contributed by atoms with E-state index in [9.17, 15) is 14.4 Å². The van der Waals surface area contributed by atoms with Crippen LogP contribution in [0.15, 0.2) is 15.8 Å². The molecule has 0 saturated heterocycles. The van der Waals surface area contributed by atoms with Gasteiger partial charge >= 0.3 is 5.69 Å². The minimum Gasteiger partial charge on any atom is -0.354 e. The highest BCUT2D eigenvalue weighted by atomic mass is 32.1. The number of fused-ring (bicyclic) bond motifs is 1. The summed E-state index contributed by atoms with van der Waals surface area (Å²) in [5, 5.41) is 3.83. The van der Waals surface area contributed by atoms with E-state index in [0.717, 1.165) is 17.8 Å². The fourth-order valence-corrected chi connectivity index (χ4v) is 3.76. The zero-order valence-electron chi connectivity index (χ0n) is 12.8. The predicted molar refractivity (Wildman–Crippen MR) is 86.9 cm³/mol. The molecule has 2 N–H and O–H groups in total. The highest BCUT2D eigenvalue weighted by molar-refractivity contribution is 7.11. The Balaban J connectivity index is 1.52. The lowest BCUT2D eigenvalue weighted by atomic mass is 10.3. The number of amides is 1. The Morgan fingerprint density at radius 3 is 3.04 bits per heavy atom. The largest absolute Gasteiger partial charge is 0.354 e. The molecule has 122 valence electrons. The van der Waals surface area contributed by atoms with Gasteiger partial charge in [-0.15, -0.1) is 11.3 Å². The van der Waals surface area contributed by atoms with Crippen LogP contribution < -0.4 is 16.6 Å². The Hall–Kier alpha value is -2.22. The van der Waals surface area contributed by atoms with Crippen LogP contribution in [0.3, 0.4) is 0 Å².